The summed E-state index contributed by atoms with van der Waals surface area (Å²) < 4.78 is 5.53. The first-order valence-electron chi connectivity index (χ1n) is 7.11. The number of halogens is 1. The predicted octanol–water partition coefficient (Wildman–Crippen LogP) is 2.88. The fourth-order valence-corrected chi connectivity index (χ4v) is 2.23. The Morgan fingerprint density at radius 1 is 1.23 bits per heavy atom. The molecule has 0 heterocycles. The van der Waals surface area contributed by atoms with Gasteiger partial charge in [0.1, 0.15) is 24.2 Å². The van der Waals surface area contributed by atoms with Crippen molar-refractivity contribution >= 4 is 11.6 Å². The van der Waals surface area contributed by atoms with Gasteiger partial charge in [0, 0.05) is 18.7 Å². The van der Waals surface area contributed by atoms with Gasteiger partial charge in [-0.15, -0.1) is 0 Å². The molecule has 4 nitrogen and oxygen atoms in total. The van der Waals surface area contributed by atoms with Crippen LogP contribution in [0.4, 0.5) is 0 Å². The second-order valence-electron chi connectivity index (χ2n) is 5.16. The number of aromatic hydroxyl groups is 1. The fraction of sp³-hybridized carbons (Fsp3) is 0.294. The molecule has 22 heavy (non-hydrogen) atoms. The topological polar surface area (TPSA) is 61.7 Å². The summed E-state index contributed by atoms with van der Waals surface area (Å²) in [6, 6.07) is 12.9. The molecule has 0 saturated heterocycles. The van der Waals surface area contributed by atoms with Crippen LogP contribution in [0.1, 0.15) is 11.1 Å². The van der Waals surface area contributed by atoms with Crippen LogP contribution in [0.25, 0.3) is 0 Å². The van der Waals surface area contributed by atoms with Crippen molar-refractivity contribution < 1.29 is 14.9 Å². The molecular weight excluding hydrogens is 302 g/mol. The van der Waals surface area contributed by atoms with Crippen LogP contribution in [-0.2, 0) is 6.54 Å². The number of ether oxygens (including phenoxy) is 1. The van der Waals surface area contributed by atoms with Gasteiger partial charge in [0.2, 0.25) is 0 Å². The number of hydrogen-bond donors (Lipinski definition) is 3. The van der Waals surface area contributed by atoms with E-state index in [9.17, 15) is 10.2 Å². The second-order valence-corrected chi connectivity index (χ2v) is 5.57. The van der Waals surface area contributed by atoms with E-state index in [2.05, 4.69) is 5.32 Å². The molecule has 0 spiro atoms. The summed E-state index contributed by atoms with van der Waals surface area (Å²) in [6.07, 6.45) is -0.637. The summed E-state index contributed by atoms with van der Waals surface area (Å²) in [6.45, 7) is 2.98. The van der Waals surface area contributed by atoms with Crippen LogP contribution in [0.15, 0.2) is 42.5 Å². The number of rotatable bonds is 7. The summed E-state index contributed by atoms with van der Waals surface area (Å²) in [5.74, 6) is 0.814. The molecule has 0 aliphatic rings. The van der Waals surface area contributed by atoms with E-state index in [4.69, 9.17) is 16.3 Å². The molecule has 5 heteroatoms. The SMILES string of the molecule is Cc1cccc(OCC(O)CNCc2cccc(Cl)c2O)c1. The summed E-state index contributed by atoms with van der Waals surface area (Å²) in [5, 5.41) is 23.1. The summed E-state index contributed by atoms with van der Waals surface area (Å²) in [5.41, 5.74) is 1.81. The van der Waals surface area contributed by atoms with Crippen molar-refractivity contribution in [1.82, 2.24) is 5.32 Å². The number of para-hydroxylation sites is 1. The monoisotopic (exact) mass is 321 g/mol. The zero-order valence-electron chi connectivity index (χ0n) is 12.4. The van der Waals surface area contributed by atoms with E-state index in [-0.39, 0.29) is 12.4 Å². The van der Waals surface area contributed by atoms with Crippen molar-refractivity contribution in [3.8, 4) is 11.5 Å². The van der Waals surface area contributed by atoms with E-state index >= 15 is 0 Å². The van der Waals surface area contributed by atoms with E-state index < -0.39 is 6.10 Å². The summed E-state index contributed by atoms with van der Waals surface area (Å²) in [4.78, 5) is 0. The maximum Gasteiger partial charge on any atom is 0.138 e. The second kappa shape index (κ2) is 8.03. The molecule has 0 saturated carbocycles. The van der Waals surface area contributed by atoms with Gasteiger partial charge in [-0.3, -0.25) is 0 Å². The van der Waals surface area contributed by atoms with Crippen molar-refractivity contribution in [2.45, 2.75) is 19.6 Å². The quantitative estimate of drug-likeness (QED) is 0.734. The molecule has 0 radical (unpaired) electrons. The van der Waals surface area contributed by atoms with Crippen molar-refractivity contribution in [3.05, 3.63) is 58.6 Å². The Labute approximate surface area is 135 Å². The van der Waals surface area contributed by atoms with Crippen LogP contribution in [0.2, 0.25) is 5.02 Å². The molecule has 0 aliphatic carbocycles. The van der Waals surface area contributed by atoms with Crippen LogP contribution >= 0.6 is 11.6 Å². The summed E-state index contributed by atoms with van der Waals surface area (Å²) in [7, 11) is 0. The minimum atomic E-state index is -0.637. The highest BCUT2D eigenvalue weighted by Gasteiger charge is 2.08. The molecule has 0 fully saturated rings. The summed E-state index contributed by atoms with van der Waals surface area (Å²) >= 11 is 5.84. The highest BCUT2D eigenvalue weighted by Crippen LogP contribution is 2.26. The van der Waals surface area contributed by atoms with Crippen molar-refractivity contribution in [3.63, 3.8) is 0 Å². The molecule has 0 aromatic heterocycles. The lowest BCUT2D eigenvalue weighted by atomic mass is 10.2. The molecule has 0 amide bonds. The van der Waals surface area contributed by atoms with E-state index in [1.165, 1.54) is 0 Å². The maximum absolute atomic E-state index is 9.91. The Balaban J connectivity index is 1.74. The lowest BCUT2D eigenvalue weighted by Crippen LogP contribution is -2.31. The molecule has 2 aromatic carbocycles. The lowest BCUT2D eigenvalue weighted by Gasteiger charge is -2.14. The number of aliphatic hydroxyl groups is 1. The van der Waals surface area contributed by atoms with Gasteiger partial charge < -0.3 is 20.3 Å². The Kier molecular flexibility index (Phi) is 6.07. The van der Waals surface area contributed by atoms with E-state index in [1.807, 2.05) is 31.2 Å². The molecule has 1 unspecified atom stereocenters. The van der Waals surface area contributed by atoms with Gasteiger partial charge in [-0.1, -0.05) is 35.9 Å². The van der Waals surface area contributed by atoms with E-state index in [0.717, 1.165) is 11.3 Å². The number of phenols is 1. The maximum atomic E-state index is 9.91. The van der Waals surface area contributed by atoms with Crippen LogP contribution < -0.4 is 10.1 Å². The normalized spacial score (nSPS) is 12.1. The van der Waals surface area contributed by atoms with E-state index in [0.29, 0.717) is 23.7 Å². The zero-order valence-corrected chi connectivity index (χ0v) is 13.2. The Hall–Kier alpha value is -1.75. The Morgan fingerprint density at radius 3 is 2.77 bits per heavy atom. The minimum absolute atomic E-state index is 0.0715. The minimum Gasteiger partial charge on any atom is -0.506 e. The van der Waals surface area contributed by atoms with Crippen molar-refractivity contribution in [2.24, 2.45) is 0 Å². The third-order valence-electron chi connectivity index (χ3n) is 3.20. The molecule has 3 N–H and O–H groups in total. The fourth-order valence-electron chi connectivity index (χ4n) is 2.03. The first-order valence-corrected chi connectivity index (χ1v) is 7.48. The molecule has 1 atom stereocenters. The van der Waals surface area contributed by atoms with E-state index in [1.54, 1.807) is 18.2 Å². The van der Waals surface area contributed by atoms with Gasteiger partial charge in [0.15, 0.2) is 0 Å². The average Bonchev–Trinajstić information content (AvgIpc) is 2.49. The smallest absolute Gasteiger partial charge is 0.138 e. The highest BCUT2D eigenvalue weighted by atomic mass is 35.5. The number of aliphatic hydroxyl groups excluding tert-OH is 1. The lowest BCUT2D eigenvalue weighted by molar-refractivity contribution is 0.106. The molecule has 118 valence electrons. The number of aryl methyl sites for hydroxylation is 1. The van der Waals surface area contributed by atoms with Gasteiger partial charge >= 0.3 is 0 Å². The third-order valence-corrected chi connectivity index (χ3v) is 3.50. The van der Waals surface area contributed by atoms with Crippen molar-refractivity contribution in [1.29, 1.82) is 0 Å². The van der Waals surface area contributed by atoms with Gasteiger partial charge in [-0.25, -0.2) is 0 Å². The van der Waals surface area contributed by atoms with Gasteiger partial charge in [-0.2, -0.15) is 0 Å². The first kappa shape index (κ1) is 16.6. The van der Waals surface area contributed by atoms with Crippen LogP contribution in [0, 0.1) is 6.92 Å². The first-order chi connectivity index (χ1) is 10.6. The van der Waals surface area contributed by atoms with Crippen LogP contribution in [-0.4, -0.2) is 29.5 Å². The Morgan fingerprint density at radius 2 is 2.00 bits per heavy atom. The molecule has 2 rings (SSSR count). The largest absolute Gasteiger partial charge is 0.506 e. The molecule has 2 aromatic rings. The van der Waals surface area contributed by atoms with Crippen LogP contribution in [0.5, 0.6) is 11.5 Å². The van der Waals surface area contributed by atoms with Crippen LogP contribution in [0.3, 0.4) is 0 Å². The predicted molar refractivity (Wildman–Crippen MR) is 87.5 cm³/mol. The Bertz CT molecular complexity index is 619. The molecular formula is C17H20ClNO3. The molecule has 0 aliphatic heterocycles. The number of nitrogens with one attached hydrogen (secondary N) is 1. The van der Waals surface area contributed by atoms with Gasteiger partial charge in [0.25, 0.3) is 0 Å². The van der Waals surface area contributed by atoms with Gasteiger partial charge in [-0.05, 0) is 30.7 Å². The highest BCUT2D eigenvalue weighted by molar-refractivity contribution is 6.32. The number of benzene rings is 2. The zero-order chi connectivity index (χ0) is 15.9. The standard InChI is InChI=1S/C17H20ClNO3/c1-12-4-2-6-15(8-12)22-11-14(20)10-19-9-13-5-3-7-16(18)17(13)21/h2-8,14,19-21H,9-11H2,1H3. The third kappa shape index (κ3) is 4.91. The number of phenolic OH excluding ortho intramolecular Hbond substituents is 1. The molecule has 0 bridgehead atoms. The average molecular weight is 322 g/mol. The number of hydrogen-bond acceptors (Lipinski definition) is 4. The van der Waals surface area contributed by atoms with Gasteiger partial charge in [0.05, 0.1) is 5.02 Å². The van der Waals surface area contributed by atoms with Crippen molar-refractivity contribution in [2.75, 3.05) is 13.2 Å².